The van der Waals surface area contributed by atoms with Gasteiger partial charge >= 0.3 is 0 Å². The molecule has 0 unspecified atom stereocenters. The molecule has 3 nitrogen and oxygen atoms in total. The Kier molecular flexibility index (Phi) is 6.52. The predicted octanol–water partition coefficient (Wildman–Crippen LogP) is 4.62. The fourth-order valence-electron chi connectivity index (χ4n) is 4.57. The molecule has 2 aliphatic rings. The second-order valence-electron chi connectivity index (χ2n) is 8.05. The smallest absolute Gasteiger partial charge is 0.159 e. The van der Waals surface area contributed by atoms with Gasteiger partial charge in [0.15, 0.2) is 5.78 Å². The van der Waals surface area contributed by atoms with Gasteiger partial charge in [-0.05, 0) is 101 Å². The van der Waals surface area contributed by atoms with Gasteiger partial charge in [-0.25, -0.2) is 0 Å². The fraction of sp³-hybridized carbons (Fsp3) is 0.682. The Bertz CT molecular complexity index is 538. The minimum Gasteiger partial charge on any atom is -0.372 e. The third kappa shape index (κ3) is 5.07. The van der Waals surface area contributed by atoms with Crippen molar-refractivity contribution in [3.8, 4) is 0 Å². The molecule has 25 heavy (non-hydrogen) atoms. The Morgan fingerprint density at radius 3 is 2.04 bits per heavy atom. The summed E-state index contributed by atoms with van der Waals surface area (Å²) in [5, 5.41) is 0. The van der Waals surface area contributed by atoms with E-state index in [-0.39, 0.29) is 5.78 Å². The van der Waals surface area contributed by atoms with Gasteiger partial charge in [0.2, 0.25) is 0 Å². The monoisotopic (exact) mass is 342 g/mol. The molecule has 1 aromatic carbocycles. The number of carbonyl (C=O) groups is 1. The summed E-state index contributed by atoms with van der Waals surface area (Å²) in [6.45, 7) is 10.2. The molecule has 0 aliphatic carbocycles. The highest BCUT2D eigenvalue weighted by Crippen LogP contribution is 2.31. The van der Waals surface area contributed by atoms with Gasteiger partial charge in [-0.2, -0.15) is 0 Å². The number of benzene rings is 1. The molecular formula is C22H34N2O. The molecule has 1 aromatic rings. The summed E-state index contributed by atoms with van der Waals surface area (Å²) in [6, 6.07) is 8.16. The first-order valence-corrected chi connectivity index (χ1v) is 10.2. The Hall–Kier alpha value is -1.35. The van der Waals surface area contributed by atoms with Crippen molar-refractivity contribution in [3.05, 3.63) is 29.8 Å². The van der Waals surface area contributed by atoms with Crippen LogP contribution in [0.2, 0.25) is 0 Å². The first-order valence-electron chi connectivity index (χ1n) is 10.2. The van der Waals surface area contributed by atoms with E-state index in [1.54, 1.807) is 6.92 Å². The number of nitrogens with zero attached hydrogens (tertiary/aromatic N) is 2. The third-order valence-corrected chi connectivity index (χ3v) is 6.17. The molecule has 3 heteroatoms. The summed E-state index contributed by atoms with van der Waals surface area (Å²) in [7, 11) is 0. The lowest BCUT2D eigenvalue weighted by Gasteiger charge is -2.37. The van der Waals surface area contributed by atoms with Crippen LogP contribution in [0.1, 0.15) is 62.7 Å². The highest BCUT2D eigenvalue weighted by Gasteiger charge is 2.25. The van der Waals surface area contributed by atoms with E-state index < -0.39 is 0 Å². The van der Waals surface area contributed by atoms with Crippen molar-refractivity contribution in [2.24, 2.45) is 11.8 Å². The number of hydrogen-bond donors (Lipinski definition) is 0. The molecule has 0 spiro atoms. The summed E-state index contributed by atoms with van der Waals surface area (Å²) < 4.78 is 0. The lowest BCUT2D eigenvalue weighted by atomic mass is 9.82. The highest BCUT2D eigenvalue weighted by molar-refractivity contribution is 5.94. The molecule has 2 saturated heterocycles. The molecule has 0 N–H and O–H groups in total. The Labute approximate surface area is 153 Å². The number of anilines is 1. The van der Waals surface area contributed by atoms with E-state index in [1.165, 1.54) is 76.9 Å². The zero-order chi connectivity index (χ0) is 17.6. The highest BCUT2D eigenvalue weighted by atomic mass is 16.1. The molecular weight excluding hydrogens is 308 g/mol. The van der Waals surface area contributed by atoms with Crippen LogP contribution in [0.25, 0.3) is 0 Å². The molecule has 3 rings (SSSR count). The van der Waals surface area contributed by atoms with Crippen LogP contribution < -0.4 is 4.90 Å². The molecule has 0 amide bonds. The second-order valence-corrected chi connectivity index (χ2v) is 8.05. The number of piperidine rings is 2. The van der Waals surface area contributed by atoms with Crippen molar-refractivity contribution < 1.29 is 4.79 Å². The first kappa shape index (κ1) is 18.4. The van der Waals surface area contributed by atoms with Crippen molar-refractivity contribution in [2.75, 3.05) is 37.6 Å². The largest absolute Gasteiger partial charge is 0.372 e. The van der Waals surface area contributed by atoms with Crippen molar-refractivity contribution in [3.63, 3.8) is 0 Å². The third-order valence-electron chi connectivity index (χ3n) is 6.17. The van der Waals surface area contributed by atoms with Crippen LogP contribution in [0.4, 0.5) is 5.69 Å². The van der Waals surface area contributed by atoms with Crippen LogP contribution in [-0.4, -0.2) is 43.4 Å². The van der Waals surface area contributed by atoms with Gasteiger partial charge in [-0.1, -0.05) is 6.92 Å². The molecule has 0 aromatic heterocycles. The molecule has 2 fully saturated rings. The van der Waals surface area contributed by atoms with Gasteiger partial charge in [0.05, 0.1) is 0 Å². The van der Waals surface area contributed by atoms with Gasteiger partial charge in [-0.15, -0.1) is 0 Å². The van der Waals surface area contributed by atoms with Gasteiger partial charge in [0.1, 0.15) is 0 Å². The number of ketones is 1. The number of Topliss-reactive ketones (excluding diaryl/α,β-unsaturated/α-hetero) is 1. The van der Waals surface area contributed by atoms with E-state index in [2.05, 4.69) is 28.9 Å². The Morgan fingerprint density at radius 1 is 0.960 bits per heavy atom. The molecule has 2 aliphatic heterocycles. The van der Waals surface area contributed by atoms with Crippen molar-refractivity contribution in [1.82, 2.24) is 4.90 Å². The van der Waals surface area contributed by atoms with Crippen LogP contribution in [0.3, 0.4) is 0 Å². The van der Waals surface area contributed by atoms with Crippen LogP contribution in [-0.2, 0) is 0 Å². The molecule has 0 bridgehead atoms. The standard InChI is InChI=1S/C22H34N2O/c1-3-12-23-13-8-19(9-14-23)17-20-10-15-24(16-11-20)22-6-4-21(5-7-22)18(2)25/h4-7,19-20H,3,8-17H2,1-2H3. The predicted molar refractivity (Wildman–Crippen MR) is 105 cm³/mol. The number of carbonyl (C=O) groups excluding carboxylic acids is 1. The van der Waals surface area contributed by atoms with Crippen LogP contribution in [0.5, 0.6) is 0 Å². The summed E-state index contributed by atoms with van der Waals surface area (Å²) in [6.07, 6.45) is 8.19. The number of likely N-dealkylation sites (tertiary alicyclic amines) is 1. The molecule has 2 heterocycles. The van der Waals surface area contributed by atoms with E-state index in [0.29, 0.717) is 0 Å². The van der Waals surface area contributed by atoms with Crippen LogP contribution >= 0.6 is 0 Å². The van der Waals surface area contributed by atoms with E-state index >= 15 is 0 Å². The van der Waals surface area contributed by atoms with Crippen LogP contribution in [0, 0.1) is 11.8 Å². The van der Waals surface area contributed by atoms with Crippen LogP contribution in [0.15, 0.2) is 24.3 Å². The second kappa shape index (κ2) is 8.84. The zero-order valence-electron chi connectivity index (χ0n) is 16.0. The lowest BCUT2D eigenvalue weighted by Crippen LogP contribution is -2.37. The Balaban J connectivity index is 1.42. The minimum atomic E-state index is 0.148. The fourth-order valence-corrected chi connectivity index (χ4v) is 4.57. The van der Waals surface area contributed by atoms with Gasteiger partial charge < -0.3 is 9.80 Å². The van der Waals surface area contributed by atoms with Crippen molar-refractivity contribution in [1.29, 1.82) is 0 Å². The zero-order valence-corrected chi connectivity index (χ0v) is 16.0. The van der Waals surface area contributed by atoms with Crippen molar-refractivity contribution in [2.45, 2.75) is 52.4 Å². The normalized spacial score (nSPS) is 20.8. The van der Waals surface area contributed by atoms with Gasteiger partial charge in [0.25, 0.3) is 0 Å². The summed E-state index contributed by atoms with van der Waals surface area (Å²) in [5.74, 6) is 2.02. The van der Waals surface area contributed by atoms with Crippen molar-refractivity contribution >= 4 is 11.5 Å². The minimum absolute atomic E-state index is 0.148. The Morgan fingerprint density at radius 2 is 1.52 bits per heavy atom. The molecule has 0 saturated carbocycles. The van der Waals surface area contributed by atoms with Gasteiger partial charge in [-0.3, -0.25) is 4.79 Å². The summed E-state index contributed by atoms with van der Waals surface area (Å²) in [4.78, 5) is 16.5. The SMILES string of the molecule is CCCN1CCC(CC2CCN(c3ccc(C(C)=O)cc3)CC2)CC1. The topological polar surface area (TPSA) is 23.6 Å². The molecule has 138 valence electrons. The van der Waals surface area contributed by atoms with E-state index in [4.69, 9.17) is 0 Å². The van der Waals surface area contributed by atoms with E-state index in [1.807, 2.05) is 12.1 Å². The maximum absolute atomic E-state index is 11.4. The van der Waals surface area contributed by atoms with Gasteiger partial charge in [0, 0.05) is 24.3 Å². The number of hydrogen-bond acceptors (Lipinski definition) is 3. The molecule has 0 radical (unpaired) electrons. The van der Waals surface area contributed by atoms with E-state index in [0.717, 1.165) is 17.4 Å². The maximum atomic E-state index is 11.4. The number of rotatable bonds is 6. The van der Waals surface area contributed by atoms with E-state index in [9.17, 15) is 4.79 Å². The first-order chi connectivity index (χ1) is 12.2. The quantitative estimate of drug-likeness (QED) is 0.705. The molecule has 0 atom stereocenters. The lowest BCUT2D eigenvalue weighted by molar-refractivity contribution is 0.101. The maximum Gasteiger partial charge on any atom is 0.159 e. The average molecular weight is 343 g/mol. The summed E-state index contributed by atoms with van der Waals surface area (Å²) >= 11 is 0. The average Bonchev–Trinajstić information content (AvgIpc) is 2.64. The summed E-state index contributed by atoms with van der Waals surface area (Å²) in [5.41, 5.74) is 2.09.